The predicted molar refractivity (Wildman–Crippen MR) is 48.8 cm³/mol. The van der Waals surface area contributed by atoms with Gasteiger partial charge in [0.1, 0.15) is 0 Å². The Kier molecular flexibility index (Phi) is 4.02. The van der Waals surface area contributed by atoms with Crippen LogP contribution in [0.3, 0.4) is 0 Å². The van der Waals surface area contributed by atoms with Gasteiger partial charge in [0.25, 0.3) is 0 Å². The predicted octanol–water partition coefficient (Wildman–Crippen LogP) is 1.56. The van der Waals surface area contributed by atoms with Crippen LogP contribution in [0.25, 0.3) is 0 Å². The molecule has 12 heavy (non-hydrogen) atoms. The second kappa shape index (κ2) is 4.83. The van der Waals surface area contributed by atoms with Crippen LogP contribution in [0.1, 0.15) is 39.0 Å². The topological polar surface area (TPSA) is 40.5 Å². The SMILES string of the molecule is CC(O)CC1CCC(CO)CC1. The first-order valence-electron chi connectivity index (χ1n) is 5.01. The van der Waals surface area contributed by atoms with Crippen molar-refractivity contribution in [2.45, 2.75) is 45.1 Å². The van der Waals surface area contributed by atoms with Gasteiger partial charge in [-0.3, -0.25) is 0 Å². The van der Waals surface area contributed by atoms with Gasteiger partial charge >= 0.3 is 0 Å². The van der Waals surface area contributed by atoms with Crippen LogP contribution in [0.4, 0.5) is 0 Å². The standard InChI is InChI=1S/C10H20O2/c1-8(12)6-9-2-4-10(7-11)5-3-9/h8-12H,2-7H2,1H3. The van der Waals surface area contributed by atoms with Gasteiger partial charge < -0.3 is 10.2 Å². The third kappa shape index (κ3) is 3.11. The Labute approximate surface area is 74.6 Å². The van der Waals surface area contributed by atoms with E-state index < -0.39 is 0 Å². The molecular formula is C10H20O2. The van der Waals surface area contributed by atoms with Crippen LogP contribution in [0, 0.1) is 11.8 Å². The monoisotopic (exact) mass is 172 g/mol. The van der Waals surface area contributed by atoms with Gasteiger partial charge in [-0.05, 0) is 38.0 Å². The minimum absolute atomic E-state index is 0.152. The summed E-state index contributed by atoms with van der Waals surface area (Å²) < 4.78 is 0. The van der Waals surface area contributed by atoms with E-state index in [2.05, 4.69) is 0 Å². The summed E-state index contributed by atoms with van der Waals surface area (Å²) in [5.41, 5.74) is 0. The lowest BCUT2D eigenvalue weighted by atomic mass is 9.80. The van der Waals surface area contributed by atoms with Crippen molar-refractivity contribution < 1.29 is 10.2 Å². The van der Waals surface area contributed by atoms with E-state index in [9.17, 15) is 5.11 Å². The normalized spacial score (nSPS) is 33.2. The first-order valence-corrected chi connectivity index (χ1v) is 5.01. The molecule has 0 spiro atoms. The minimum atomic E-state index is -0.152. The van der Waals surface area contributed by atoms with E-state index in [0.717, 1.165) is 19.3 Å². The number of hydrogen-bond donors (Lipinski definition) is 2. The highest BCUT2D eigenvalue weighted by atomic mass is 16.3. The van der Waals surface area contributed by atoms with E-state index in [1.807, 2.05) is 6.92 Å². The van der Waals surface area contributed by atoms with Crippen LogP contribution >= 0.6 is 0 Å². The lowest BCUT2D eigenvalue weighted by molar-refractivity contribution is 0.120. The van der Waals surface area contributed by atoms with Crippen LogP contribution in [0.15, 0.2) is 0 Å². The van der Waals surface area contributed by atoms with Crippen LogP contribution in [-0.4, -0.2) is 22.9 Å². The Balaban J connectivity index is 2.17. The molecule has 0 bridgehead atoms. The molecule has 0 radical (unpaired) electrons. The van der Waals surface area contributed by atoms with E-state index in [1.54, 1.807) is 0 Å². The van der Waals surface area contributed by atoms with Crippen molar-refractivity contribution in [3.63, 3.8) is 0 Å². The molecule has 0 amide bonds. The van der Waals surface area contributed by atoms with Crippen LogP contribution in [0.5, 0.6) is 0 Å². The summed E-state index contributed by atoms with van der Waals surface area (Å²) >= 11 is 0. The summed E-state index contributed by atoms with van der Waals surface area (Å²) in [6, 6.07) is 0. The maximum Gasteiger partial charge on any atom is 0.0514 e. The Hall–Kier alpha value is -0.0800. The van der Waals surface area contributed by atoms with Gasteiger partial charge in [0, 0.05) is 6.61 Å². The Morgan fingerprint density at radius 2 is 1.67 bits per heavy atom. The van der Waals surface area contributed by atoms with E-state index in [4.69, 9.17) is 5.11 Å². The maximum absolute atomic E-state index is 9.18. The smallest absolute Gasteiger partial charge is 0.0514 e. The van der Waals surface area contributed by atoms with Crippen LogP contribution in [-0.2, 0) is 0 Å². The lowest BCUT2D eigenvalue weighted by Crippen LogP contribution is -2.19. The fraction of sp³-hybridized carbons (Fsp3) is 1.00. The Morgan fingerprint density at radius 3 is 2.08 bits per heavy atom. The molecule has 2 nitrogen and oxygen atoms in total. The molecule has 1 unspecified atom stereocenters. The summed E-state index contributed by atoms with van der Waals surface area (Å²) in [4.78, 5) is 0. The summed E-state index contributed by atoms with van der Waals surface area (Å²) in [6.45, 7) is 2.21. The number of rotatable bonds is 3. The van der Waals surface area contributed by atoms with Gasteiger partial charge in [-0.15, -0.1) is 0 Å². The highest BCUT2D eigenvalue weighted by Gasteiger charge is 2.21. The van der Waals surface area contributed by atoms with Crippen molar-refractivity contribution in [1.29, 1.82) is 0 Å². The zero-order valence-electron chi connectivity index (χ0n) is 7.87. The van der Waals surface area contributed by atoms with Crippen molar-refractivity contribution in [1.82, 2.24) is 0 Å². The van der Waals surface area contributed by atoms with Crippen LogP contribution in [0.2, 0.25) is 0 Å². The number of aliphatic hydroxyl groups is 2. The quantitative estimate of drug-likeness (QED) is 0.678. The largest absolute Gasteiger partial charge is 0.396 e. The maximum atomic E-state index is 9.18. The van der Waals surface area contributed by atoms with Gasteiger partial charge in [-0.2, -0.15) is 0 Å². The first-order chi connectivity index (χ1) is 5.72. The molecule has 0 aromatic rings. The third-order valence-electron chi connectivity index (χ3n) is 2.90. The zero-order valence-corrected chi connectivity index (χ0v) is 7.87. The van der Waals surface area contributed by atoms with Gasteiger partial charge in [0.05, 0.1) is 6.10 Å². The first kappa shape index (κ1) is 10.0. The highest BCUT2D eigenvalue weighted by Crippen LogP contribution is 2.30. The summed E-state index contributed by atoms with van der Waals surface area (Å²) in [5, 5.41) is 18.1. The average Bonchev–Trinajstić information content (AvgIpc) is 2.05. The summed E-state index contributed by atoms with van der Waals surface area (Å²) in [5.74, 6) is 1.24. The molecule has 0 heterocycles. The number of hydrogen-bond acceptors (Lipinski definition) is 2. The molecule has 1 atom stereocenters. The van der Waals surface area contributed by atoms with Crippen molar-refractivity contribution >= 4 is 0 Å². The zero-order chi connectivity index (χ0) is 8.97. The fourth-order valence-electron chi connectivity index (χ4n) is 2.13. The second-order valence-electron chi connectivity index (χ2n) is 4.15. The second-order valence-corrected chi connectivity index (χ2v) is 4.15. The van der Waals surface area contributed by atoms with Crippen molar-refractivity contribution in [3.8, 4) is 0 Å². The molecule has 2 N–H and O–H groups in total. The molecule has 0 aromatic carbocycles. The highest BCUT2D eigenvalue weighted by molar-refractivity contribution is 4.73. The van der Waals surface area contributed by atoms with Gasteiger partial charge in [-0.25, -0.2) is 0 Å². The lowest BCUT2D eigenvalue weighted by Gasteiger charge is -2.27. The Morgan fingerprint density at radius 1 is 1.17 bits per heavy atom. The summed E-state index contributed by atoms with van der Waals surface area (Å²) in [6.07, 6.45) is 5.47. The van der Waals surface area contributed by atoms with E-state index in [0.29, 0.717) is 18.4 Å². The molecule has 0 aromatic heterocycles. The van der Waals surface area contributed by atoms with Crippen molar-refractivity contribution in [2.75, 3.05) is 6.61 Å². The van der Waals surface area contributed by atoms with Gasteiger partial charge in [0.15, 0.2) is 0 Å². The Bertz CT molecular complexity index is 115. The average molecular weight is 172 g/mol. The minimum Gasteiger partial charge on any atom is -0.396 e. The van der Waals surface area contributed by atoms with Crippen molar-refractivity contribution in [3.05, 3.63) is 0 Å². The molecule has 1 aliphatic carbocycles. The molecular weight excluding hydrogens is 152 g/mol. The third-order valence-corrected chi connectivity index (χ3v) is 2.90. The molecule has 0 aliphatic heterocycles. The van der Waals surface area contributed by atoms with E-state index in [1.165, 1.54) is 12.8 Å². The fourth-order valence-corrected chi connectivity index (χ4v) is 2.13. The molecule has 1 aliphatic rings. The van der Waals surface area contributed by atoms with E-state index in [-0.39, 0.29) is 6.10 Å². The van der Waals surface area contributed by atoms with Gasteiger partial charge in [0.2, 0.25) is 0 Å². The molecule has 0 saturated heterocycles. The number of aliphatic hydroxyl groups excluding tert-OH is 2. The molecule has 1 rings (SSSR count). The molecule has 72 valence electrons. The van der Waals surface area contributed by atoms with Gasteiger partial charge in [-0.1, -0.05) is 12.8 Å². The summed E-state index contributed by atoms with van der Waals surface area (Å²) in [7, 11) is 0. The molecule has 1 fully saturated rings. The molecule has 1 saturated carbocycles. The van der Waals surface area contributed by atoms with Crippen molar-refractivity contribution in [2.24, 2.45) is 11.8 Å². The van der Waals surface area contributed by atoms with E-state index >= 15 is 0 Å². The molecule has 2 heteroatoms. The van der Waals surface area contributed by atoms with Crippen LogP contribution < -0.4 is 0 Å².